The van der Waals surface area contributed by atoms with Crippen molar-refractivity contribution in [2.24, 2.45) is 5.73 Å². The summed E-state index contributed by atoms with van der Waals surface area (Å²) in [7, 11) is 0. The topological polar surface area (TPSA) is 43.8 Å². The van der Waals surface area contributed by atoms with Gasteiger partial charge in [0.05, 0.1) is 15.8 Å². The van der Waals surface area contributed by atoms with Gasteiger partial charge in [0, 0.05) is 19.3 Å². The summed E-state index contributed by atoms with van der Waals surface area (Å²) in [6, 6.07) is 2.12. The van der Waals surface area contributed by atoms with Gasteiger partial charge in [-0.1, -0.05) is 0 Å². The summed E-state index contributed by atoms with van der Waals surface area (Å²) in [4.78, 5) is 4.17. The van der Waals surface area contributed by atoms with Crippen molar-refractivity contribution in [3.05, 3.63) is 39.0 Å². The highest BCUT2D eigenvalue weighted by molar-refractivity contribution is 9.11. The van der Waals surface area contributed by atoms with Crippen molar-refractivity contribution in [2.75, 3.05) is 0 Å². The molecule has 0 aliphatic carbocycles. The van der Waals surface area contributed by atoms with Crippen molar-refractivity contribution in [1.82, 2.24) is 9.55 Å². The molecule has 3 nitrogen and oxygen atoms in total. The van der Waals surface area contributed by atoms with Crippen molar-refractivity contribution < 1.29 is 0 Å². The highest BCUT2D eigenvalue weighted by atomic mass is 79.9. The number of nitrogens with two attached hydrogens (primary N) is 1. The minimum atomic E-state index is 0.500. The van der Waals surface area contributed by atoms with Crippen molar-refractivity contribution in [3.8, 4) is 0 Å². The van der Waals surface area contributed by atoms with Gasteiger partial charge in [-0.2, -0.15) is 0 Å². The van der Waals surface area contributed by atoms with E-state index in [2.05, 4.69) is 32.4 Å². The zero-order valence-corrected chi connectivity index (χ0v) is 9.88. The molecule has 0 amide bonds. The number of halogens is 1. The smallest absolute Gasteiger partial charge is 0.0953 e. The van der Waals surface area contributed by atoms with E-state index in [1.165, 1.54) is 5.56 Å². The summed E-state index contributed by atoms with van der Waals surface area (Å²) in [6.45, 7) is 1.36. The first-order valence-electron chi connectivity index (χ1n) is 4.21. The molecule has 0 saturated carbocycles. The molecule has 74 valence electrons. The van der Waals surface area contributed by atoms with E-state index in [1.807, 2.05) is 17.1 Å². The maximum Gasteiger partial charge on any atom is 0.0953 e. The van der Waals surface area contributed by atoms with Gasteiger partial charge >= 0.3 is 0 Å². The summed E-state index contributed by atoms with van der Waals surface area (Å²) in [5, 5.41) is 2.13. The number of hydrogen-bond donors (Lipinski definition) is 1. The predicted molar refractivity (Wildman–Crippen MR) is 61.2 cm³/mol. The molecule has 0 aromatic carbocycles. The molecule has 0 aliphatic heterocycles. The number of hydrogen-bond acceptors (Lipinski definition) is 3. The molecule has 0 bridgehead atoms. The van der Waals surface area contributed by atoms with E-state index in [9.17, 15) is 0 Å². The Morgan fingerprint density at radius 3 is 3.00 bits per heavy atom. The second-order valence-electron chi connectivity index (χ2n) is 3.00. The zero-order valence-electron chi connectivity index (χ0n) is 7.48. The summed E-state index contributed by atoms with van der Waals surface area (Å²) in [6.07, 6.45) is 3.79. The molecule has 0 saturated heterocycles. The molecule has 2 aromatic rings. The minimum Gasteiger partial charge on any atom is -0.333 e. The van der Waals surface area contributed by atoms with E-state index in [0.29, 0.717) is 6.54 Å². The number of rotatable bonds is 3. The SMILES string of the molecule is NCc1cn(Cc2csc(Br)c2)cn1. The van der Waals surface area contributed by atoms with Gasteiger partial charge in [0.25, 0.3) is 0 Å². The highest BCUT2D eigenvalue weighted by Crippen LogP contribution is 2.21. The van der Waals surface area contributed by atoms with Crippen molar-refractivity contribution in [3.63, 3.8) is 0 Å². The van der Waals surface area contributed by atoms with Crippen LogP contribution in [-0.4, -0.2) is 9.55 Å². The van der Waals surface area contributed by atoms with Crippen LogP contribution in [0.25, 0.3) is 0 Å². The Balaban J connectivity index is 2.10. The normalized spacial score (nSPS) is 10.7. The molecule has 0 spiro atoms. The first-order valence-corrected chi connectivity index (χ1v) is 5.89. The first kappa shape index (κ1) is 9.89. The lowest BCUT2D eigenvalue weighted by Gasteiger charge is -1.97. The standard InChI is InChI=1S/C9H10BrN3S/c10-9-1-7(5-14-9)3-13-4-8(2-11)12-6-13/h1,4-6H,2-3,11H2. The molecule has 2 N–H and O–H groups in total. The molecular formula is C9H10BrN3S. The van der Waals surface area contributed by atoms with Crippen molar-refractivity contribution in [2.45, 2.75) is 13.1 Å². The molecule has 14 heavy (non-hydrogen) atoms. The van der Waals surface area contributed by atoms with E-state index in [0.717, 1.165) is 16.0 Å². The maximum absolute atomic E-state index is 5.48. The summed E-state index contributed by atoms with van der Waals surface area (Å²) < 4.78 is 3.20. The van der Waals surface area contributed by atoms with E-state index in [4.69, 9.17) is 5.73 Å². The van der Waals surface area contributed by atoms with Crippen LogP contribution in [0.4, 0.5) is 0 Å². The fourth-order valence-corrected chi connectivity index (χ4v) is 2.44. The van der Waals surface area contributed by atoms with E-state index in [-0.39, 0.29) is 0 Å². The second-order valence-corrected chi connectivity index (χ2v) is 5.29. The van der Waals surface area contributed by atoms with Gasteiger partial charge in [0.2, 0.25) is 0 Å². The third-order valence-corrected chi connectivity index (χ3v) is 3.44. The van der Waals surface area contributed by atoms with Crippen molar-refractivity contribution in [1.29, 1.82) is 0 Å². The lowest BCUT2D eigenvalue weighted by atomic mass is 10.3. The van der Waals surface area contributed by atoms with Crippen LogP contribution in [0.1, 0.15) is 11.3 Å². The van der Waals surface area contributed by atoms with Crippen LogP contribution in [0.2, 0.25) is 0 Å². The van der Waals surface area contributed by atoms with Crippen molar-refractivity contribution >= 4 is 27.3 Å². The lowest BCUT2D eigenvalue weighted by Crippen LogP contribution is -1.97. The molecule has 2 aromatic heterocycles. The van der Waals surface area contributed by atoms with Gasteiger partial charge in [-0.15, -0.1) is 11.3 Å². The highest BCUT2D eigenvalue weighted by Gasteiger charge is 2.00. The second kappa shape index (κ2) is 4.25. The largest absolute Gasteiger partial charge is 0.333 e. The summed E-state index contributed by atoms with van der Waals surface area (Å²) in [5.74, 6) is 0. The Morgan fingerprint density at radius 2 is 2.43 bits per heavy atom. The quantitative estimate of drug-likeness (QED) is 0.931. The number of nitrogens with zero attached hydrogens (tertiary/aromatic N) is 2. The number of imidazole rings is 1. The van der Waals surface area contributed by atoms with Crippen LogP contribution >= 0.6 is 27.3 Å². The van der Waals surface area contributed by atoms with E-state index >= 15 is 0 Å². The molecular weight excluding hydrogens is 262 g/mol. The van der Waals surface area contributed by atoms with Crippen LogP contribution in [0.3, 0.4) is 0 Å². The first-order chi connectivity index (χ1) is 6.78. The minimum absolute atomic E-state index is 0.500. The number of aromatic nitrogens is 2. The van der Waals surface area contributed by atoms with Gasteiger partial charge in [0.15, 0.2) is 0 Å². The lowest BCUT2D eigenvalue weighted by molar-refractivity contribution is 0.798. The molecule has 0 atom stereocenters. The Kier molecular flexibility index (Phi) is 3.00. The Hall–Kier alpha value is -0.650. The van der Waals surface area contributed by atoms with Crippen LogP contribution in [0, 0.1) is 0 Å². The Morgan fingerprint density at radius 1 is 1.57 bits per heavy atom. The summed E-state index contributed by atoms with van der Waals surface area (Å²) in [5.41, 5.74) is 7.69. The van der Waals surface area contributed by atoms with Gasteiger partial charge in [0.1, 0.15) is 0 Å². The maximum atomic E-state index is 5.48. The summed E-state index contributed by atoms with van der Waals surface area (Å²) >= 11 is 5.13. The Labute approximate surface area is 94.7 Å². The zero-order chi connectivity index (χ0) is 9.97. The van der Waals surface area contributed by atoms with Gasteiger partial charge < -0.3 is 10.3 Å². The van der Waals surface area contributed by atoms with Crippen LogP contribution in [0.5, 0.6) is 0 Å². The fourth-order valence-electron chi connectivity index (χ4n) is 1.24. The molecule has 2 heterocycles. The molecule has 0 radical (unpaired) electrons. The van der Waals surface area contributed by atoms with E-state index in [1.54, 1.807) is 11.3 Å². The van der Waals surface area contributed by atoms with Crippen LogP contribution < -0.4 is 5.73 Å². The van der Waals surface area contributed by atoms with E-state index < -0.39 is 0 Å². The molecule has 2 rings (SSSR count). The van der Waals surface area contributed by atoms with Gasteiger partial charge in [-0.3, -0.25) is 0 Å². The van der Waals surface area contributed by atoms with Crippen LogP contribution in [-0.2, 0) is 13.1 Å². The van der Waals surface area contributed by atoms with Gasteiger partial charge in [-0.25, -0.2) is 4.98 Å². The Bertz CT molecular complexity index is 421. The number of thiophene rings is 1. The molecule has 0 unspecified atom stereocenters. The van der Waals surface area contributed by atoms with Gasteiger partial charge in [-0.05, 0) is 32.9 Å². The fraction of sp³-hybridized carbons (Fsp3) is 0.222. The molecule has 5 heteroatoms. The predicted octanol–water partition coefficient (Wildman–Crippen LogP) is 2.21. The molecule has 0 aliphatic rings. The monoisotopic (exact) mass is 271 g/mol. The third kappa shape index (κ3) is 2.23. The third-order valence-electron chi connectivity index (χ3n) is 1.88. The average molecular weight is 272 g/mol. The average Bonchev–Trinajstić information content (AvgIpc) is 2.76. The molecule has 0 fully saturated rings. The van der Waals surface area contributed by atoms with Crippen LogP contribution in [0.15, 0.2) is 27.8 Å².